The molecule has 1 aromatic carbocycles. The Labute approximate surface area is 121 Å². The lowest BCUT2D eigenvalue weighted by molar-refractivity contribution is 0.266. The average Bonchev–Trinajstić information content (AvgIpc) is 2.48. The van der Waals surface area contributed by atoms with Crippen LogP contribution in [-0.2, 0) is 0 Å². The molecule has 1 aliphatic carbocycles. The number of hydrogen-bond acceptors (Lipinski definition) is 3. The lowest BCUT2D eigenvalue weighted by Gasteiger charge is -2.32. The summed E-state index contributed by atoms with van der Waals surface area (Å²) in [5.41, 5.74) is 1.63. The van der Waals surface area contributed by atoms with Gasteiger partial charge in [-0.2, -0.15) is 5.26 Å². The standard InChI is InChI=1S/C17H24N2O/c1-12(2)14-5-7-15(8-6-14)19-16-9-4-13(11-18)10-17(16)20-3/h4,9-10,12,14-15,19H,5-8H2,1-3H3. The molecule has 0 atom stereocenters. The maximum atomic E-state index is 8.93. The van der Waals surface area contributed by atoms with E-state index in [2.05, 4.69) is 25.2 Å². The number of nitrogens with zero attached hydrogens (tertiary/aromatic N) is 1. The first kappa shape index (κ1) is 14.7. The fraction of sp³-hybridized carbons (Fsp3) is 0.588. The van der Waals surface area contributed by atoms with E-state index >= 15 is 0 Å². The van der Waals surface area contributed by atoms with Gasteiger partial charge in [-0.1, -0.05) is 13.8 Å². The highest BCUT2D eigenvalue weighted by molar-refractivity contribution is 5.59. The lowest BCUT2D eigenvalue weighted by Crippen LogP contribution is -2.28. The van der Waals surface area contributed by atoms with E-state index in [-0.39, 0.29) is 0 Å². The van der Waals surface area contributed by atoms with Gasteiger partial charge < -0.3 is 10.1 Å². The third kappa shape index (κ3) is 3.45. The Morgan fingerprint density at radius 3 is 2.50 bits per heavy atom. The molecule has 0 radical (unpaired) electrons. The molecule has 0 spiro atoms. The van der Waals surface area contributed by atoms with Crippen LogP contribution in [0.5, 0.6) is 5.75 Å². The third-order valence-electron chi connectivity index (χ3n) is 4.40. The second-order valence-corrected chi connectivity index (χ2v) is 6.03. The Balaban J connectivity index is 1.99. The predicted molar refractivity (Wildman–Crippen MR) is 81.9 cm³/mol. The minimum Gasteiger partial charge on any atom is -0.495 e. The molecule has 0 amide bonds. The SMILES string of the molecule is COc1cc(C#N)ccc1NC1CCC(C(C)C)CC1. The topological polar surface area (TPSA) is 45.0 Å². The van der Waals surface area contributed by atoms with E-state index in [1.54, 1.807) is 13.2 Å². The van der Waals surface area contributed by atoms with Crippen LogP contribution in [0, 0.1) is 23.2 Å². The van der Waals surface area contributed by atoms with Crippen molar-refractivity contribution in [1.29, 1.82) is 5.26 Å². The molecule has 1 aliphatic rings. The molecule has 0 unspecified atom stereocenters. The molecule has 2 rings (SSSR count). The zero-order chi connectivity index (χ0) is 14.5. The molecular formula is C17H24N2O. The fourth-order valence-corrected chi connectivity index (χ4v) is 3.03. The lowest BCUT2D eigenvalue weighted by atomic mass is 9.79. The Kier molecular flexibility index (Phi) is 4.89. The van der Waals surface area contributed by atoms with Gasteiger partial charge in [0.15, 0.2) is 0 Å². The molecule has 0 saturated heterocycles. The van der Waals surface area contributed by atoms with Crippen LogP contribution in [0.3, 0.4) is 0 Å². The molecule has 108 valence electrons. The van der Waals surface area contributed by atoms with Gasteiger partial charge in [-0.15, -0.1) is 0 Å². The number of benzene rings is 1. The molecule has 3 nitrogen and oxygen atoms in total. The molecule has 1 fully saturated rings. The molecule has 0 heterocycles. The van der Waals surface area contributed by atoms with E-state index in [1.807, 2.05) is 12.1 Å². The van der Waals surface area contributed by atoms with Gasteiger partial charge in [0.1, 0.15) is 5.75 Å². The minimum atomic E-state index is 0.520. The Bertz CT molecular complexity index is 482. The van der Waals surface area contributed by atoms with Gasteiger partial charge in [-0.3, -0.25) is 0 Å². The van der Waals surface area contributed by atoms with Crippen molar-refractivity contribution < 1.29 is 4.74 Å². The van der Waals surface area contributed by atoms with Crippen molar-refractivity contribution in [2.45, 2.75) is 45.6 Å². The van der Waals surface area contributed by atoms with Crippen molar-refractivity contribution in [1.82, 2.24) is 0 Å². The normalized spacial score (nSPS) is 22.4. The van der Waals surface area contributed by atoms with E-state index < -0.39 is 0 Å². The molecular weight excluding hydrogens is 248 g/mol. The van der Waals surface area contributed by atoms with Gasteiger partial charge in [0, 0.05) is 12.1 Å². The monoisotopic (exact) mass is 272 g/mol. The second-order valence-electron chi connectivity index (χ2n) is 6.03. The molecule has 20 heavy (non-hydrogen) atoms. The number of hydrogen-bond donors (Lipinski definition) is 1. The van der Waals surface area contributed by atoms with E-state index in [9.17, 15) is 0 Å². The summed E-state index contributed by atoms with van der Waals surface area (Å²) in [6.07, 6.45) is 5.03. The summed E-state index contributed by atoms with van der Waals surface area (Å²) in [5, 5.41) is 12.5. The van der Waals surface area contributed by atoms with Gasteiger partial charge in [-0.05, 0) is 49.7 Å². The molecule has 0 aliphatic heterocycles. The highest BCUT2D eigenvalue weighted by Crippen LogP contribution is 2.33. The molecule has 3 heteroatoms. The van der Waals surface area contributed by atoms with Crippen molar-refractivity contribution in [2.75, 3.05) is 12.4 Å². The summed E-state index contributed by atoms with van der Waals surface area (Å²) in [7, 11) is 1.65. The maximum Gasteiger partial charge on any atom is 0.143 e. The molecule has 1 aromatic rings. The summed E-state index contributed by atoms with van der Waals surface area (Å²) in [5.74, 6) is 2.42. The van der Waals surface area contributed by atoms with Crippen LogP contribution in [-0.4, -0.2) is 13.2 Å². The number of nitriles is 1. The van der Waals surface area contributed by atoms with Gasteiger partial charge in [0.05, 0.1) is 24.4 Å². The van der Waals surface area contributed by atoms with Crippen molar-refractivity contribution in [3.63, 3.8) is 0 Å². The number of ether oxygens (including phenoxy) is 1. The molecule has 1 saturated carbocycles. The van der Waals surface area contributed by atoms with E-state index in [0.29, 0.717) is 11.6 Å². The van der Waals surface area contributed by atoms with Crippen LogP contribution in [0.2, 0.25) is 0 Å². The van der Waals surface area contributed by atoms with Gasteiger partial charge in [0.25, 0.3) is 0 Å². The minimum absolute atomic E-state index is 0.520. The third-order valence-corrected chi connectivity index (χ3v) is 4.40. The highest BCUT2D eigenvalue weighted by Gasteiger charge is 2.23. The van der Waals surface area contributed by atoms with Crippen molar-refractivity contribution >= 4 is 5.69 Å². The van der Waals surface area contributed by atoms with E-state index in [1.165, 1.54) is 25.7 Å². The zero-order valence-corrected chi connectivity index (χ0v) is 12.6. The first-order valence-electron chi connectivity index (χ1n) is 7.48. The van der Waals surface area contributed by atoms with Gasteiger partial charge in [-0.25, -0.2) is 0 Å². The highest BCUT2D eigenvalue weighted by atomic mass is 16.5. The zero-order valence-electron chi connectivity index (χ0n) is 12.6. The van der Waals surface area contributed by atoms with Crippen LogP contribution in [0.1, 0.15) is 45.1 Å². The Hall–Kier alpha value is -1.69. The van der Waals surface area contributed by atoms with Gasteiger partial charge in [0.2, 0.25) is 0 Å². The molecule has 1 N–H and O–H groups in total. The van der Waals surface area contributed by atoms with Crippen LogP contribution >= 0.6 is 0 Å². The summed E-state index contributed by atoms with van der Waals surface area (Å²) >= 11 is 0. The van der Waals surface area contributed by atoms with Gasteiger partial charge >= 0.3 is 0 Å². The molecule has 0 aromatic heterocycles. The number of rotatable bonds is 4. The first-order chi connectivity index (χ1) is 9.63. The fourth-order valence-electron chi connectivity index (χ4n) is 3.03. The molecule has 0 bridgehead atoms. The van der Waals surface area contributed by atoms with Crippen molar-refractivity contribution in [2.24, 2.45) is 11.8 Å². The van der Waals surface area contributed by atoms with E-state index in [4.69, 9.17) is 10.00 Å². The number of methoxy groups -OCH3 is 1. The average molecular weight is 272 g/mol. The van der Waals surface area contributed by atoms with Crippen LogP contribution in [0.15, 0.2) is 18.2 Å². The first-order valence-corrected chi connectivity index (χ1v) is 7.48. The van der Waals surface area contributed by atoms with Crippen LogP contribution in [0.4, 0.5) is 5.69 Å². The Morgan fingerprint density at radius 1 is 1.25 bits per heavy atom. The second kappa shape index (κ2) is 6.65. The van der Waals surface area contributed by atoms with Crippen molar-refractivity contribution in [3.8, 4) is 11.8 Å². The van der Waals surface area contributed by atoms with Crippen LogP contribution < -0.4 is 10.1 Å². The smallest absolute Gasteiger partial charge is 0.143 e. The largest absolute Gasteiger partial charge is 0.495 e. The summed E-state index contributed by atoms with van der Waals surface area (Å²) in [6, 6.07) is 8.25. The Morgan fingerprint density at radius 2 is 1.95 bits per heavy atom. The summed E-state index contributed by atoms with van der Waals surface area (Å²) in [6.45, 7) is 4.64. The quantitative estimate of drug-likeness (QED) is 0.893. The maximum absolute atomic E-state index is 8.93. The number of anilines is 1. The van der Waals surface area contributed by atoms with E-state index in [0.717, 1.165) is 23.3 Å². The van der Waals surface area contributed by atoms with Crippen molar-refractivity contribution in [3.05, 3.63) is 23.8 Å². The predicted octanol–water partition coefficient (Wildman–Crippen LogP) is 4.19. The summed E-state index contributed by atoms with van der Waals surface area (Å²) in [4.78, 5) is 0. The number of nitrogens with one attached hydrogen (secondary N) is 1. The van der Waals surface area contributed by atoms with Crippen LogP contribution in [0.25, 0.3) is 0 Å². The summed E-state index contributed by atoms with van der Waals surface area (Å²) < 4.78 is 5.38.